The first-order valence-corrected chi connectivity index (χ1v) is 8.90. The molecule has 3 aromatic rings. The van der Waals surface area contributed by atoms with Gasteiger partial charge in [0.2, 0.25) is 0 Å². The molecule has 0 fully saturated rings. The molecule has 4 rings (SSSR count). The average molecular weight is 380 g/mol. The van der Waals surface area contributed by atoms with E-state index >= 15 is 0 Å². The normalized spacial score (nSPS) is 15.0. The number of alkyl halides is 1. The molecule has 0 saturated carbocycles. The number of benzene rings is 2. The first kappa shape index (κ1) is 13.6. The Morgan fingerprint density at radius 3 is 2.95 bits per heavy atom. The van der Waals surface area contributed by atoms with Gasteiger partial charge in [0.05, 0.1) is 12.0 Å². The van der Waals surface area contributed by atoms with Crippen LogP contribution in [0.3, 0.4) is 0 Å². The second-order valence-corrected chi connectivity index (χ2v) is 7.39. The van der Waals surface area contributed by atoms with Gasteiger partial charge < -0.3 is 4.74 Å². The second kappa shape index (κ2) is 5.31. The molecule has 0 saturated heterocycles. The van der Waals surface area contributed by atoms with E-state index in [4.69, 9.17) is 16.3 Å². The van der Waals surface area contributed by atoms with E-state index in [2.05, 4.69) is 57.7 Å². The summed E-state index contributed by atoms with van der Waals surface area (Å²) in [4.78, 5) is 0. The van der Waals surface area contributed by atoms with E-state index in [9.17, 15) is 0 Å². The summed E-state index contributed by atoms with van der Waals surface area (Å²) in [7, 11) is 0. The molecule has 1 aromatic heterocycles. The molecule has 2 heterocycles. The lowest BCUT2D eigenvalue weighted by molar-refractivity contribution is 0.353. The van der Waals surface area contributed by atoms with Crippen LogP contribution in [-0.4, -0.2) is 6.61 Å². The van der Waals surface area contributed by atoms with Gasteiger partial charge >= 0.3 is 0 Å². The lowest BCUT2D eigenvalue weighted by Gasteiger charge is -2.14. The Kier molecular flexibility index (Phi) is 3.44. The minimum Gasteiger partial charge on any atom is -0.493 e. The molecule has 0 spiro atoms. The highest BCUT2D eigenvalue weighted by Gasteiger charge is 2.24. The highest BCUT2D eigenvalue weighted by Crippen LogP contribution is 2.44. The SMILES string of the molecule is ClC(c1cc(Br)cc2c1OCC2)c1csc2ccccc12. The molecule has 0 bridgehead atoms. The molecule has 2 aromatic carbocycles. The molecule has 21 heavy (non-hydrogen) atoms. The molecule has 0 radical (unpaired) electrons. The molecule has 1 aliphatic heterocycles. The van der Waals surface area contributed by atoms with Gasteiger partial charge in [0.25, 0.3) is 0 Å². The molecular formula is C17H12BrClOS. The quantitative estimate of drug-likeness (QED) is 0.502. The van der Waals surface area contributed by atoms with Crippen LogP contribution in [0.4, 0.5) is 0 Å². The summed E-state index contributed by atoms with van der Waals surface area (Å²) in [6, 6.07) is 12.6. The minimum atomic E-state index is -0.189. The fourth-order valence-corrected chi connectivity index (χ4v) is 4.78. The van der Waals surface area contributed by atoms with Crippen molar-refractivity contribution in [2.24, 2.45) is 0 Å². The molecule has 1 unspecified atom stereocenters. The van der Waals surface area contributed by atoms with E-state index in [0.717, 1.165) is 34.4 Å². The zero-order chi connectivity index (χ0) is 14.4. The monoisotopic (exact) mass is 378 g/mol. The number of hydrogen-bond acceptors (Lipinski definition) is 2. The zero-order valence-corrected chi connectivity index (χ0v) is 14.3. The standard InChI is InChI=1S/C17H12BrClOS/c18-11-7-10-5-6-20-17(10)13(8-11)16(19)14-9-21-15-4-2-1-3-12(14)15/h1-4,7-9,16H,5-6H2. The topological polar surface area (TPSA) is 9.23 Å². The number of ether oxygens (including phenoxy) is 1. The molecule has 1 aliphatic rings. The fourth-order valence-electron chi connectivity index (χ4n) is 2.85. The van der Waals surface area contributed by atoms with Crippen molar-refractivity contribution in [3.8, 4) is 5.75 Å². The molecule has 1 nitrogen and oxygen atoms in total. The summed E-state index contributed by atoms with van der Waals surface area (Å²) in [6.07, 6.45) is 0.954. The lowest BCUT2D eigenvalue weighted by Crippen LogP contribution is -1.97. The fraction of sp³-hybridized carbons (Fsp3) is 0.176. The summed E-state index contributed by atoms with van der Waals surface area (Å²) in [5.41, 5.74) is 3.46. The number of rotatable bonds is 2. The highest BCUT2D eigenvalue weighted by molar-refractivity contribution is 9.10. The molecule has 0 N–H and O–H groups in total. The maximum absolute atomic E-state index is 6.81. The van der Waals surface area contributed by atoms with E-state index in [1.165, 1.54) is 15.6 Å². The zero-order valence-electron chi connectivity index (χ0n) is 11.1. The Morgan fingerprint density at radius 2 is 2.05 bits per heavy atom. The van der Waals surface area contributed by atoms with Gasteiger partial charge in [0.1, 0.15) is 5.75 Å². The summed E-state index contributed by atoms with van der Waals surface area (Å²) in [5.74, 6) is 0.966. The van der Waals surface area contributed by atoms with Crippen molar-refractivity contribution in [2.75, 3.05) is 6.61 Å². The molecule has 0 aliphatic carbocycles. The minimum absolute atomic E-state index is 0.189. The van der Waals surface area contributed by atoms with Crippen molar-refractivity contribution in [1.29, 1.82) is 0 Å². The first-order valence-electron chi connectivity index (χ1n) is 6.79. The van der Waals surface area contributed by atoms with Gasteiger partial charge in [-0.2, -0.15) is 0 Å². The third kappa shape index (κ3) is 2.28. The predicted molar refractivity (Wildman–Crippen MR) is 92.9 cm³/mol. The second-order valence-electron chi connectivity index (χ2n) is 5.13. The van der Waals surface area contributed by atoms with Gasteiger partial charge in [-0.1, -0.05) is 34.1 Å². The van der Waals surface area contributed by atoms with Gasteiger partial charge in [-0.05, 0) is 40.1 Å². The van der Waals surface area contributed by atoms with Gasteiger partial charge in [0.15, 0.2) is 0 Å². The van der Waals surface area contributed by atoms with E-state index in [0.29, 0.717) is 0 Å². The van der Waals surface area contributed by atoms with E-state index in [1.807, 2.05) is 0 Å². The summed E-state index contributed by atoms with van der Waals surface area (Å²) < 4.78 is 8.15. The maximum atomic E-state index is 6.81. The third-order valence-electron chi connectivity index (χ3n) is 3.83. The van der Waals surface area contributed by atoms with E-state index < -0.39 is 0 Å². The van der Waals surface area contributed by atoms with Crippen LogP contribution in [0.1, 0.15) is 22.1 Å². The Hall–Kier alpha value is -1.03. The molecule has 1 atom stereocenters. The van der Waals surface area contributed by atoms with Crippen LogP contribution in [0.5, 0.6) is 5.75 Å². The smallest absolute Gasteiger partial charge is 0.127 e. The van der Waals surface area contributed by atoms with Crippen molar-refractivity contribution < 1.29 is 4.74 Å². The van der Waals surface area contributed by atoms with Crippen LogP contribution in [0, 0.1) is 0 Å². The molecule has 4 heteroatoms. The van der Waals surface area contributed by atoms with Crippen molar-refractivity contribution >= 4 is 49.0 Å². The third-order valence-corrected chi connectivity index (χ3v) is 5.74. The van der Waals surface area contributed by atoms with Crippen LogP contribution in [0.2, 0.25) is 0 Å². The van der Waals surface area contributed by atoms with Crippen LogP contribution in [0.15, 0.2) is 46.3 Å². The van der Waals surface area contributed by atoms with Crippen molar-refractivity contribution in [1.82, 2.24) is 0 Å². The van der Waals surface area contributed by atoms with Crippen molar-refractivity contribution in [2.45, 2.75) is 11.8 Å². The van der Waals surface area contributed by atoms with Gasteiger partial charge in [-0.15, -0.1) is 22.9 Å². The Labute approximate surface area is 140 Å². The average Bonchev–Trinajstić information content (AvgIpc) is 3.11. The largest absolute Gasteiger partial charge is 0.493 e. The number of hydrogen-bond donors (Lipinski definition) is 0. The summed E-state index contributed by atoms with van der Waals surface area (Å²) in [6.45, 7) is 0.743. The van der Waals surface area contributed by atoms with Gasteiger partial charge in [0, 0.05) is 21.2 Å². The highest BCUT2D eigenvalue weighted by atomic mass is 79.9. The van der Waals surface area contributed by atoms with Crippen molar-refractivity contribution in [3.63, 3.8) is 0 Å². The Morgan fingerprint density at radius 1 is 1.19 bits per heavy atom. The number of fused-ring (bicyclic) bond motifs is 2. The Bertz CT molecular complexity index is 827. The Balaban J connectivity index is 1.87. The lowest BCUT2D eigenvalue weighted by atomic mass is 10.00. The van der Waals surface area contributed by atoms with Crippen LogP contribution in [0.25, 0.3) is 10.1 Å². The first-order chi connectivity index (χ1) is 10.2. The van der Waals surface area contributed by atoms with Crippen LogP contribution in [-0.2, 0) is 6.42 Å². The van der Waals surface area contributed by atoms with Crippen LogP contribution >= 0.6 is 38.9 Å². The maximum Gasteiger partial charge on any atom is 0.127 e. The molecular weight excluding hydrogens is 368 g/mol. The van der Waals surface area contributed by atoms with Gasteiger partial charge in [-0.3, -0.25) is 0 Å². The van der Waals surface area contributed by atoms with E-state index in [1.54, 1.807) is 11.3 Å². The molecule has 0 amide bonds. The predicted octanol–water partition coefficient (Wildman–Crippen LogP) is 5.93. The number of thiophene rings is 1. The summed E-state index contributed by atoms with van der Waals surface area (Å²) in [5, 5.41) is 3.20. The van der Waals surface area contributed by atoms with E-state index in [-0.39, 0.29) is 5.38 Å². The van der Waals surface area contributed by atoms with Crippen molar-refractivity contribution in [3.05, 3.63) is 62.9 Å². The number of halogens is 2. The molecule has 106 valence electrons. The van der Waals surface area contributed by atoms with Crippen LogP contribution < -0.4 is 4.74 Å². The summed E-state index contributed by atoms with van der Waals surface area (Å²) >= 11 is 12.1. The van der Waals surface area contributed by atoms with Gasteiger partial charge in [-0.25, -0.2) is 0 Å².